The monoisotopic (exact) mass is 544 g/mol. The topological polar surface area (TPSA) is 208 Å². The van der Waals surface area contributed by atoms with Crippen LogP contribution in [-0.4, -0.2) is 86.9 Å². The van der Waals surface area contributed by atoms with E-state index in [1.807, 2.05) is 0 Å². The third-order valence-corrected chi connectivity index (χ3v) is 6.07. The number of phenols is 1. The van der Waals surface area contributed by atoms with Crippen molar-refractivity contribution in [1.82, 2.24) is 16.0 Å². The molecule has 1 rings (SSSR count). The minimum atomic E-state index is -1.30. The van der Waals surface area contributed by atoms with Crippen molar-refractivity contribution in [1.29, 1.82) is 0 Å². The van der Waals surface area contributed by atoms with E-state index >= 15 is 0 Å². The number of carbonyl (C=O) groups is 5. The Morgan fingerprint density at radius 3 is 2.00 bits per heavy atom. The number of aliphatic carboxylic acids is 2. The Kier molecular flexibility index (Phi) is 13.7. The maximum atomic E-state index is 13.1. The number of thiol groups is 1. The summed E-state index contributed by atoms with van der Waals surface area (Å²) in [6, 6.07) is 1.18. The molecule has 12 nitrogen and oxygen atoms in total. The normalized spacial score (nSPS) is 14.1. The predicted molar refractivity (Wildman–Crippen MR) is 137 cm³/mol. The number of thioether (sulfide) groups is 1. The van der Waals surface area contributed by atoms with Crippen LogP contribution in [0.4, 0.5) is 0 Å². The molecule has 0 saturated carbocycles. The second-order valence-electron chi connectivity index (χ2n) is 7.90. The van der Waals surface area contributed by atoms with E-state index in [4.69, 9.17) is 10.8 Å². The summed E-state index contributed by atoms with van der Waals surface area (Å²) in [5.74, 6) is -4.28. The van der Waals surface area contributed by atoms with E-state index in [-0.39, 0.29) is 37.2 Å². The van der Waals surface area contributed by atoms with E-state index in [1.54, 1.807) is 18.4 Å². The van der Waals surface area contributed by atoms with Crippen LogP contribution in [0.1, 0.15) is 24.8 Å². The molecule has 36 heavy (non-hydrogen) atoms. The minimum absolute atomic E-state index is 0.00359. The molecule has 0 aromatic heterocycles. The molecule has 0 aliphatic rings. The smallest absolute Gasteiger partial charge is 0.327 e. The highest BCUT2D eigenvalue weighted by atomic mass is 32.2. The van der Waals surface area contributed by atoms with Crippen molar-refractivity contribution in [3.63, 3.8) is 0 Å². The zero-order chi connectivity index (χ0) is 27.3. The van der Waals surface area contributed by atoms with Gasteiger partial charge in [-0.05, 0) is 42.5 Å². The summed E-state index contributed by atoms with van der Waals surface area (Å²) in [6.45, 7) is 0. The molecule has 0 saturated heterocycles. The van der Waals surface area contributed by atoms with Crippen molar-refractivity contribution in [3.8, 4) is 5.75 Å². The number of benzene rings is 1. The van der Waals surface area contributed by atoms with Gasteiger partial charge in [0, 0.05) is 18.6 Å². The van der Waals surface area contributed by atoms with Crippen LogP contribution in [0, 0.1) is 0 Å². The highest BCUT2D eigenvalue weighted by Crippen LogP contribution is 2.12. The quantitative estimate of drug-likeness (QED) is 0.123. The minimum Gasteiger partial charge on any atom is -0.508 e. The molecule has 8 N–H and O–H groups in total. The van der Waals surface area contributed by atoms with E-state index in [0.29, 0.717) is 11.3 Å². The fourth-order valence-corrected chi connectivity index (χ4v) is 3.72. The van der Waals surface area contributed by atoms with Gasteiger partial charge in [0.25, 0.3) is 0 Å². The Balaban J connectivity index is 3.06. The third-order valence-electron chi connectivity index (χ3n) is 5.06. The van der Waals surface area contributed by atoms with Gasteiger partial charge in [0.1, 0.15) is 23.9 Å². The van der Waals surface area contributed by atoms with Gasteiger partial charge in [-0.1, -0.05) is 12.1 Å². The molecule has 4 atom stereocenters. The van der Waals surface area contributed by atoms with Crippen LogP contribution in [-0.2, 0) is 30.4 Å². The molecule has 0 aliphatic heterocycles. The summed E-state index contributed by atoms with van der Waals surface area (Å²) < 4.78 is 0. The zero-order valence-electron chi connectivity index (χ0n) is 19.7. The number of rotatable bonds is 16. The number of nitrogens with two attached hydrogens (primary N) is 1. The Morgan fingerprint density at radius 1 is 0.917 bits per heavy atom. The van der Waals surface area contributed by atoms with Crippen LogP contribution in [0.5, 0.6) is 5.75 Å². The summed E-state index contributed by atoms with van der Waals surface area (Å²) in [5, 5.41) is 34.9. The summed E-state index contributed by atoms with van der Waals surface area (Å²) in [4.78, 5) is 60.5. The molecule has 200 valence electrons. The number of amides is 3. The van der Waals surface area contributed by atoms with Gasteiger partial charge in [0.15, 0.2) is 0 Å². The maximum absolute atomic E-state index is 13.1. The largest absolute Gasteiger partial charge is 0.508 e. The molecule has 0 aliphatic carbocycles. The van der Waals surface area contributed by atoms with Crippen LogP contribution in [0.2, 0.25) is 0 Å². The first-order valence-corrected chi connectivity index (χ1v) is 13.0. The number of carboxylic acid groups (broad SMARTS) is 2. The van der Waals surface area contributed by atoms with E-state index in [2.05, 4.69) is 28.6 Å². The molecule has 3 amide bonds. The second kappa shape index (κ2) is 15.9. The van der Waals surface area contributed by atoms with Crippen molar-refractivity contribution in [2.45, 2.75) is 49.9 Å². The maximum Gasteiger partial charge on any atom is 0.327 e. The molecule has 0 spiro atoms. The van der Waals surface area contributed by atoms with Crippen LogP contribution in [0.3, 0.4) is 0 Å². The van der Waals surface area contributed by atoms with Gasteiger partial charge in [-0.15, -0.1) is 0 Å². The number of hydrogen-bond donors (Lipinski definition) is 8. The van der Waals surface area contributed by atoms with Crippen molar-refractivity contribution < 1.29 is 39.3 Å². The van der Waals surface area contributed by atoms with Gasteiger partial charge in [-0.25, -0.2) is 4.79 Å². The lowest BCUT2D eigenvalue weighted by molar-refractivity contribution is -0.141. The number of carbonyl (C=O) groups excluding carboxylic acids is 3. The third kappa shape index (κ3) is 11.2. The number of carboxylic acids is 2. The van der Waals surface area contributed by atoms with Crippen molar-refractivity contribution in [2.75, 3.05) is 17.8 Å². The molecule has 0 bridgehead atoms. The Bertz CT molecular complexity index is 916. The van der Waals surface area contributed by atoms with Crippen LogP contribution in [0.25, 0.3) is 0 Å². The fraction of sp³-hybridized carbons (Fsp3) is 0.500. The van der Waals surface area contributed by atoms with Gasteiger partial charge in [-0.2, -0.15) is 24.4 Å². The molecular weight excluding hydrogens is 512 g/mol. The average Bonchev–Trinajstić information content (AvgIpc) is 2.83. The number of aromatic hydroxyl groups is 1. The van der Waals surface area contributed by atoms with E-state index < -0.39 is 53.8 Å². The first-order chi connectivity index (χ1) is 17.0. The van der Waals surface area contributed by atoms with E-state index in [0.717, 1.165) is 0 Å². The van der Waals surface area contributed by atoms with Crippen molar-refractivity contribution >= 4 is 54.1 Å². The molecule has 1 aromatic carbocycles. The second-order valence-corrected chi connectivity index (χ2v) is 9.25. The number of phenolic OH excluding ortho intramolecular Hbond substituents is 1. The van der Waals surface area contributed by atoms with Gasteiger partial charge >= 0.3 is 11.9 Å². The van der Waals surface area contributed by atoms with Crippen molar-refractivity contribution in [3.05, 3.63) is 29.8 Å². The summed E-state index contributed by atoms with van der Waals surface area (Å²) >= 11 is 5.35. The molecule has 4 unspecified atom stereocenters. The molecule has 14 heteroatoms. The highest BCUT2D eigenvalue weighted by Gasteiger charge is 2.30. The first-order valence-electron chi connectivity index (χ1n) is 11.0. The molecule has 1 aromatic rings. The van der Waals surface area contributed by atoms with Gasteiger partial charge < -0.3 is 37.0 Å². The Labute approximate surface area is 218 Å². The van der Waals surface area contributed by atoms with Gasteiger partial charge in [0.2, 0.25) is 17.7 Å². The molecule has 0 heterocycles. The van der Waals surface area contributed by atoms with Crippen LogP contribution in [0.15, 0.2) is 24.3 Å². The SMILES string of the molecule is CSCCC(NC(=O)C(N)CCC(=O)O)C(=O)NC(Cc1ccc(O)cc1)C(=O)NC(CS)C(=O)O. The first kappa shape index (κ1) is 31.1. The average molecular weight is 545 g/mol. The molecule has 0 radical (unpaired) electrons. The lowest BCUT2D eigenvalue weighted by Gasteiger charge is -2.25. The predicted octanol–water partition coefficient (Wildman–Crippen LogP) is -0.651. The fourth-order valence-electron chi connectivity index (χ4n) is 3.00. The Hall–Kier alpha value is -2.97. The highest BCUT2D eigenvalue weighted by molar-refractivity contribution is 7.98. The van der Waals surface area contributed by atoms with Crippen molar-refractivity contribution in [2.24, 2.45) is 5.73 Å². The molecular formula is C22H32N4O8S2. The van der Waals surface area contributed by atoms with Gasteiger partial charge in [0.05, 0.1) is 6.04 Å². The summed E-state index contributed by atoms with van der Waals surface area (Å²) in [7, 11) is 0. The number of hydrogen-bond acceptors (Lipinski definition) is 9. The van der Waals surface area contributed by atoms with Gasteiger partial charge in [-0.3, -0.25) is 19.2 Å². The molecule has 0 fully saturated rings. The van der Waals surface area contributed by atoms with Crippen LogP contribution >= 0.6 is 24.4 Å². The summed E-state index contributed by atoms with van der Waals surface area (Å²) in [5.41, 5.74) is 6.32. The Morgan fingerprint density at radius 2 is 1.47 bits per heavy atom. The summed E-state index contributed by atoms with van der Waals surface area (Å²) in [6.07, 6.45) is 1.54. The van der Waals surface area contributed by atoms with E-state index in [9.17, 15) is 34.2 Å². The lowest BCUT2D eigenvalue weighted by atomic mass is 10.0. The lowest BCUT2D eigenvalue weighted by Crippen LogP contribution is -2.58. The zero-order valence-corrected chi connectivity index (χ0v) is 21.4. The van der Waals surface area contributed by atoms with Crippen LogP contribution < -0.4 is 21.7 Å². The standard InChI is InChI=1S/C22H32N4O8S2/c1-36-9-8-15(24-19(30)14(23)6-7-18(28)29)20(31)25-16(10-12-2-4-13(27)5-3-12)21(32)26-17(11-35)22(33)34/h2-5,14-17,27,35H,6-11,23H2,1H3,(H,24,30)(H,25,31)(H,26,32)(H,28,29)(H,33,34). The number of nitrogens with one attached hydrogen (secondary N) is 3. The van der Waals surface area contributed by atoms with E-state index in [1.165, 1.54) is 23.9 Å².